The summed E-state index contributed by atoms with van der Waals surface area (Å²) in [6, 6.07) is 7.42. The molecule has 2 heterocycles. The molecule has 1 aliphatic carbocycles. The molecule has 158 valence electrons. The highest BCUT2D eigenvalue weighted by Gasteiger charge is 2.30. The number of rotatable bonds is 5. The molecule has 1 atom stereocenters. The molecule has 2 saturated heterocycles. The van der Waals surface area contributed by atoms with Crippen LogP contribution in [0.3, 0.4) is 0 Å². The highest BCUT2D eigenvalue weighted by atomic mass is 16.5. The number of benzene rings is 1. The molecular weight excluding hydrogens is 368 g/mol. The van der Waals surface area contributed by atoms with E-state index in [-0.39, 0.29) is 11.8 Å². The summed E-state index contributed by atoms with van der Waals surface area (Å²) >= 11 is 0. The van der Waals surface area contributed by atoms with E-state index in [2.05, 4.69) is 4.90 Å². The minimum Gasteiger partial charge on any atom is -0.493 e. The van der Waals surface area contributed by atoms with Crippen LogP contribution in [0.4, 0.5) is 0 Å². The van der Waals surface area contributed by atoms with E-state index in [4.69, 9.17) is 9.47 Å². The van der Waals surface area contributed by atoms with Gasteiger partial charge in [0.2, 0.25) is 5.91 Å². The number of carbonyl (C=O) groups is 2. The van der Waals surface area contributed by atoms with Gasteiger partial charge in [0.1, 0.15) is 5.75 Å². The van der Waals surface area contributed by atoms with Crippen LogP contribution in [0, 0.1) is 11.8 Å². The Balaban J connectivity index is 1.26. The zero-order valence-corrected chi connectivity index (χ0v) is 17.2. The minimum atomic E-state index is 0.0493. The highest BCUT2D eigenvalue weighted by Crippen LogP contribution is 2.28. The number of carbonyl (C=O) groups excluding carboxylic acids is 2. The van der Waals surface area contributed by atoms with Crippen LogP contribution >= 0.6 is 0 Å². The molecule has 2 aliphatic heterocycles. The SMILES string of the molecule is O=C(c1ccc(OC[C@@H]2CCCN(C(=O)C3CCCC3)C2)cc1)N1CCOCC1. The number of nitrogens with zero attached hydrogens (tertiary/aromatic N) is 2. The summed E-state index contributed by atoms with van der Waals surface area (Å²) in [5.41, 5.74) is 0.685. The van der Waals surface area contributed by atoms with Crippen molar-refractivity contribution < 1.29 is 19.1 Å². The first-order valence-corrected chi connectivity index (χ1v) is 11.1. The Morgan fingerprint density at radius 1 is 0.931 bits per heavy atom. The van der Waals surface area contributed by atoms with Crippen molar-refractivity contribution in [3.8, 4) is 5.75 Å². The predicted octanol–water partition coefficient (Wildman–Crippen LogP) is 2.97. The predicted molar refractivity (Wildman–Crippen MR) is 110 cm³/mol. The monoisotopic (exact) mass is 400 g/mol. The lowest BCUT2D eigenvalue weighted by atomic mass is 9.96. The third-order valence-corrected chi connectivity index (χ3v) is 6.42. The number of amides is 2. The fraction of sp³-hybridized carbons (Fsp3) is 0.652. The van der Waals surface area contributed by atoms with Crippen LogP contribution in [-0.4, -0.2) is 67.6 Å². The van der Waals surface area contributed by atoms with Gasteiger partial charge in [-0.2, -0.15) is 0 Å². The minimum absolute atomic E-state index is 0.0493. The molecule has 3 aliphatic rings. The first kappa shape index (κ1) is 20.2. The van der Waals surface area contributed by atoms with Crippen molar-refractivity contribution in [3.63, 3.8) is 0 Å². The molecular formula is C23H32N2O4. The molecule has 2 amide bonds. The maximum absolute atomic E-state index is 12.7. The van der Waals surface area contributed by atoms with E-state index in [9.17, 15) is 9.59 Å². The maximum Gasteiger partial charge on any atom is 0.254 e. The molecule has 6 heteroatoms. The zero-order chi connectivity index (χ0) is 20.1. The number of piperidine rings is 1. The molecule has 6 nitrogen and oxygen atoms in total. The second-order valence-electron chi connectivity index (χ2n) is 8.51. The van der Waals surface area contributed by atoms with Crippen LogP contribution in [0.15, 0.2) is 24.3 Å². The summed E-state index contributed by atoms with van der Waals surface area (Å²) in [6.45, 7) is 4.82. The lowest BCUT2D eigenvalue weighted by molar-refractivity contribution is -0.137. The van der Waals surface area contributed by atoms with Gasteiger partial charge in [-0.1, -0.05) is 12.8 Å². The van der Waals surface area contributed by atoms with Crippen LogP contribution in [-0.2, 0) is 9.53 Å². The zero-order valence-electron chi connectivity index (χ0n) is 17.2. The number of ether oxygens (including phenoxy) is 2. The number of morpholine rings is 1. The summed E-state index contributed by atoms with van der Waals surface area (Å²) in [4.78, 5) is 29.1. The fourth-order valence-electron chi connectivity index (χ4n) is 4.69. The molecule has 3 fully saturated rings. The van der Waals surface area contributed by atoms with E-state index in [1.54, 1.807) is 0 Å². The molecule has 0 spiro atoms. The third-order valence-electron chi connectivity index (χ3n) is 6.42. The van der Waals surface area contributed by atoms with Crippen molar-refractivity contribution in [1.82, 2.24) is 9.80 Å². The van der Waals surface area contributed by atoms with Gasteiger partial charge >= 0.3 is 0 Å². The second kappa shape index (κ2) is 9.61. The van der Waals surface area contributed by atoms with E-state index in [0.29, 0.717) is 50.3 Å². The van der Waals surface area contributed by atoms with E-state index < -0.39 is 0 Å². The largest absolute Gasteiger partial charge is 0.493 e. The lowest BCUT2D eigenvalue weighted by Crippen LogP contribution is -2.43. The highest BCUT2D eigenvalue weighted by molar-refractivity contribution is 5.94. The summed E-state index contributed by atoms with van der Waals surface area (Å²) < 4.78 is 11.3. The standard InChI is InChI=1S/C23H32N2O4/c26-22(24-12-14-28-15-13-24)20-7-9-21(10-8-20)29-17-18-4-3-11-25(16-18)23(27)19-5-1-2-6-19/h7-10,18-19H,1-6,11-17H2/t18-/m1/s1. The van der Waals surface area contributed by atoms with Crippen LogP contribution in [0.1, 0.15) is 48.9 Å². The van der Waals surface area contributed by atoms with Crippen molar-refractivity contribution in [2.75, 3.05) is 46.0 Å². The Labute approximate surface area is 173 Å². The van der Waals surface area contributed by atoms with Gasteiger partial charge in [-0.25, -0.2) is 0 Å². The lowest BCUT2D eigenvalue weighted by Gasteiger charge is -2.34. The van der Waals surface area contributed by atoms with Crippen LogP contribution in [0.2, 0.25) is 0 Å². The van der Waals surface area contributed by atoms with Gasteiger partial charge in [0.05, 0.1) is 19.8 Å². The normalized spacial score (nSPS) is 23.2. The van der Waals surface area contributed by atoms with Crippen LogP contribution < -0.4 is 4.74 Å². The number of hydrogen-bond donors (Lipinski definition) is 0. The molecule has 4 rings (SSSR count). The molecule has 29 heavy (non-hydrogen) atoms. The molecule has 0 N–H and O–H groups in total. The summed E-state index contributed by atoms with van der Waals surface area (Å²) in [5, 5.41) is 0. The molecule has 0 bridgehead atoms. The smallest absolute Gasteiger partial charge is 0.254 e. The van der Waals surface area contributed by atoms with Gasteiger partial charge in [0.25, 0.3) is 5.91 Å². The van der Waals surface area contributed by atoms with E-state index in [1.807, 2.05) is 29.2 Å². The molecule has 1 saturated carbocycles. The number of likely N-dealkylation sites (tertiary alicyclic amines) is 1. The van der Waals surface area contributed by atoms with Crippen molar-refractivity contribution >= 4 is 11.8 Å². The quantitative estimate of drug-likeness (QED) is 0.763. The van der Waals surface area contributed by atoms with Gasteiger partial charge in [0, 0.05) is 43.6 Å². The van der Waals surface area contributed by atoms with Crippen molar-refractivity contribution in [2.24, 2.45) is 11.8 Å². The average molecular weight is 401 g/mol. The first-order chi connectivity index (χ1) is 14.2. The van der Waals surface area contributed by atoms with Crippen LogP contribution in [0.25, 0.3) is 0 Å². The Morgan fingerprint density at radius 3 is 2.38 bits per heavy atom. The Bertz CT molecular complexity index is 693. The average Bonchev–Trinajstić information content (AvgIpc) is 3.33. The maximum atomic E-state index is 12.7. The molecule has 1 aromatic rings. The summed E-state index contributed by atoms with van der Waals surface area (Å²) in [5.74, 6) is 1.82. The Kier molecular flexibility index (Phi) is 6.70. The molecule has 1 aromatic carbocycles. The second-order valence-corrected chi connectivity index (χ2v) is 8.51. The molecule has 0 aromatic heterocycles. The fourth-order valence-corrected chi connectivity index (χ4v) is 4.69. The van der Waals surface area contributed by atoms with Crippen molar-refractivity contribution in [2.45, 2.75) is 38.5 Å². The Hall–Kier alpha value is -2.08. The first-order valence-electron chi connectivity index (χ1n) is 11.1. The van der Waals surface area contributed by atoms with Gasteiger partial charge in [-0.3, -0.25) is 9.59 Å². The van der Waals surface area contributed by atoms with Gasteiger partial charge in [-0.05, 0) is 49.9 Å². The van der Waals surface area contributed by atoms with Crippen LogP contribution in [0.5, 0.6) is 5.75 Å². The molecule has 0 radical (unpaired) electrons. The van der Waals surface area contributed by atoms with Crippen molar-refractivity contribution in [1.29, 1.82) is 0 Å². The summed E-state index contributed by atoms with van der Waals surface area (Å²) in [7, 11) is 0. The van der Waals surface area contributed by atoms with Gasteiger partial charge < -0.3 is 19.3 Å². The van der Waals surface area contributed by atoms with Crippen molar-refractivity contribution in [3.05, 3.63) is 29.8 Å². The van der Waals surface area contributed by atoms with E-state index in [0.717, 1.165) is 44.5 Å². The van der Waals surface area contributed by atoms with Gasteiger partial charge in [0.15, 0.2) is 0 Å². The topological polar surface area (TPSA) is 59.1 Å². The molecule has 0 unspecified atom stereocenters. The van der Waals surface area contributed by atoms with E-state index >= 15 is 0 Å². The Morgan fingerprint density at radius 2 is 1.66 bits per heavy atom. The summed E-state index contributed by atoms with van der Waals surface area (Å²) in [6.07, 6.45) is 6.67. The third kappa shape index (κ3) is 5.10. The van der Waals surface area contributed by atoms with Gasteiger partial charge in [-0.15, -0.1) is 0 Å². The van der Waals surface area contributed by atoms with E-state index in [1.165, 1.54) is 12.8 Å². The number of hydrogen-bond acceptors (Lipinski definition) is 4.